The minimum absolute atomic E-state index is 0.114. The van der Waals surface area contributed by atoms with E-state index in [0.29, 0.717) is 12.0 Å². The largest absolute Gasteiger partial charge is 0.390 e. The summed E-state index contributed by atoms with van der Waals surface area (Å²) in [7, 11) is 2.06. The molecule has 1 aliphatic rings. The minimum atomic E-state index is -3.01. The van der Waals surface area contributed by atoms with Gasteiger partial charge in [0, 0.05) is 18.6 Å². The summed E-state index contributed by atoms with van der Waals surface area (Å²) in [4.78, 5) is 2.24. The lowest BCUT2D eigenvalue weighted by Gasteiger charge is -2.40. The number of likely N-dealkylation sites (tertiary alicyclic amines) is 1. The maximum Gasteiger partial charge on any atom is 0.282 e. The van der Waals surface area contributed by atoms with Gasteiger partial charge in [-0.1, -0.05) is 6.92 Å². The lowest BCUT2D eigenvalue weighted by atomic mass is 9.90. The predicted octanol–water partition coefficient (Wildman–Crippen LogP) is 0.932. The van der Waals surface area contributed by atoms with Crippen molar-refractivity contribution >= 4 is 0 Å². The van der Waals surface area contributed by atoms with E-state index in [1.54, 1.807) is 0 Å². The van der Waals surface area contributed by atoms with Crippen LogP contribution in [0.5, 0.6) is 0 Å². The Hall–Kier alpha value is -0.260. The highest BCUT2D eigenvalue weighted by molar-refractivity contribution is 4.87. The van der Waals surface area contributed by atoms with Gasteiger partial charge in [-0.15, -0.1) is 0 Å². The zero-order chi connectivity index (χ0) is 12.3. The van der Waals surface area contributed by atoms with Gasteiger partial charge in [0.2, 0.25) is 0 Å². The molecule has 0 spiro atoms. The molecule has 0 amide bonds. The number of hydrogen-bond donors (Lipinski definition) is 2. The standard InChI is InChI=1S/C11H22F2N2O/c1-8-5-15(3)9(2)4-10(8)14-6-11(12,13)7-16/h8-10,14,16H,4-7H2,1-3H3. The number of nitrogens with one attached hydrogen (secondary N) is 1. The first-order valence-corrected chi connectivity index (χ1v) is 5.78. The summed E-state index contributed by atoms with van der Waals surface area (Å²) in [5.74, 6) is -2.65. The van der Waals surface area contributed by atoms with Crippen molar-refractivity contribution in [2.45, 2.75) is 38.3 Å². The molecule has 16 heavy (non-hydrogen) atoms. The predicted molar refractivity (Wildman–Crippen MR) is 59.7 cm³/mol. The number of nitrogens with zero attached hydrogens (tertiary/aromatic N) is 1. The molecule has 0 aromatic carbocycles. The Bertz CT molecular complexity index is 226. The van der Waals surface area contributed by atoms with Crippen molar-refractivity contribution < 1.29 is 13.9 Å². The second-order valence-electron chi connectivity index (χ2n) is 5.00. The maximum atomic E-state index is 12.9. The highest BCUT2D eigenvalue weighted by Crippen LogP contribution is 2.21. The molecule has 1 fully saturated rings. The van der Waals surface area contributed by atoms with E-state index in [1.807, 2.05) is 0 Å². The Balaban J connectivity index is 2.42. The molecule has 3 unspecified atom stereocenters. The molecule has 0 saturated carbocycles. The van der Waals surface area contributed by atoms with Gasteiger partial charge < -0.3 is 15.3 Å². The van der Waals surface area contributed by atoms with Crippen LogP contribution in [0.3, 0.4) is 0 Å². The smallest absolute Gasteiger partial charge is 0.282 e. The average Bonchev–Trinajstić information content (AvgIpc) is 2.22. The summed E-state index contributed by atoms with van der Waals surface area (Å²) in [6, 6.07) is 0.528. The number of rotatable bonds is 4. The van der Waals surface area contributed by atoms with Gasteiger partial charge >= 0.3 is 0 Å². The zero-order valence-electron chi connectivity index (χ0n) is 10.2. The summed E-state index contributed by atoms with van der Waals surface area (Å²) in [5, 5.41) is 11.4. The fraction of sp³-hybridized carbons (Fsp3) is 1.00. The molecule has 0 aliphatic carbocycles. The fourth-order valence-electron chi connectivity index (χ4n) is 2.16. The fourth-order valence-corrected chi connectivity index (χ4v) is 2.16. The molecular weight excluding hydrogens is 214 g/mol. The van der Waals surface area contributed by atoms with Gasteiger partial charge in [0.15, 0.2) is 0 Å². The Kier molecular flexibility index (Phi) is 4.64. The lowest BCUT2D eigenvalue weighted by Crippen LogP contribution is -2.53. The first-order chi connectivity index (χ1) is 7.35. The second-order valence-corrected chi connectivity index (χ2v) is 5.00. The molecule has 3 atom stereocenters. The van der Waals surface area contributed by atoms with E-state index in [1.165, 1.54) is 0 Å². The van der Waals surface area contributed by atoms with Gasteiger partial charge in [-0.25, -0.2) is 8.78 Å². The maximum absolute atomic E-state index is 12.9. The van der Waals surface area contributed by atoms with Crippen LogP contribution in [0.1, 0.15) is 20.3 Å². The van der Waals surface area contributed by atoms with Gasteiger partial charge in [-0.2, -0.15) is 0 Å². The van der Waals surface area contributed by atoms with E-state index in [0.717, 1.165) is 13.0 Å². The van der Waals surface area contributed by atoms with Gasteiger partial charge in [0.25, 0.3) is 5.92 Å². The van der Waals surface area contributed by atoms with Crippen LogP contribution in [-0.4, -0.2) is 54.8 Å². The van der Waals surface area contributed by atoms with Crippen LogP contribution in [0.15, 0.2) is 0 Å². The zero-order valence-corrected chi connectivity index (χ0v) is 10.2. The molecule has 5 heteroatoms. The molecule has 2 N–H and O–H groups in total. The van der Waals surface area contributed by atoms with Crippen LogP contribution in [0.4, 0.5) is 8.78 Å². The Morgan fingerprint density at radius 3 is 2.62 bits per heavy atom. The average molecular weight is 236 g/mol. The molecule has 0 bridgehead atoms. The van der Waals surface area contributed by atoms with Gasteiger partial charge in [-0.05, 0) is 26.3 Å². The van der Waals surface area contributed by atoms with Crippen LogP contribution in [0.25, 0.3) is 0 Å². The van der Waals surface area contributed by atoms with Crippen molar-refractivity contribution in [3.05, 3.63) is 0 Å². The molecule has 3 nitrogen and oxygen atoms in total. The van der Waals surface area contributed by atoms with Crippen LogP contribution in [0.2, 0.25) is 0 Å². The van der Waals surface area contributed by atoms with E-state index >= 15 is 0 Å². The SMILES string of the molecule is CC1CN(C)C(C)CC1NCC(F)(F)CO. The van der Waals surface area contributed by atoms with E-state index < -0.39 is 19.1 Å². The van der Waals surface area contributed by atoms with Crippen molar-refractivity contribution in [1.82, 2.24) is 10.2 Å². The number of aliphatic hydroxyl groups is 1. The van der Waals surface area contributed by atoms with Gasteiger partial charge in [0.05, 0.1) is 6.54 Å². The molecule has 96 valence electrons. The number of piperidine rings is 1. The number of halogens is 2. The number of hydrogen-bond acceptors (Lipinski definition) is 3. The summed E-state index contributed by atoms with van der Waals surface area (Å²) >= 11 is 0. The van der Waals surface area contributed by atoms with E-state index in [2.05, 4.69) is 31.1 Å². The Morgan fingerprint density at radius 2 is 2.06 bits per heavy atom. The van der Waals surface area contributed by atoms with E-state index in [-0.39, 0.29) is 6.04 Å². The van der Waals surface area contributed by atoms with Crippen molar-refractivity contribution in [2.24, 2.45) is 5.92 Å². The first-order valence-electron chi connectivity index (χ1n) is 5.78. The molecule has 1 heterocycles. The monoisotopic (exact) mass is 236 g/mol. The van der Waals surface area contributed by atoms with Crippen molar-refractivity contribution in [3.8, 4) is 0 Å². The van der Waals surface area contributed by atoms with Crippen LogP contribution in [0, 0.1) is 5.92 Å². The van der Waals surface area contributed by atoms with Gasteiger partial charge in [0.1, 0.15) is 6.61 Å². The summed E-state index contributed by atoms with van der Waals surface area (Å²) in [5.41, 5.74) is 0. The topological polar surface area (TPSA) is 35.5 Å². The molecule has 0 aromatic rings. The minimum Gasteiger partial charge on any atom is -0.390 e. The molecule has 0 aromatic heterocycles. The van der Waals surface area contributed by atoms with Crippen LogP contribution >= 0.6 is 0 Å². The van der Waals surface area contributed by atoms with Gasteiger partial charge in [-0.3, -0.25) is 0 Å². The summed E-state index contributed by atoms with van der Waals surface area (Å²) in [6.45, 7) is 3.57. The second kappa shape index (κ2) is 5.38. The third-order valence-corrected chi connectivity index (χ3v) is 3.46. The van der Waals surface area contributed by atoms with E-state index in [4.69, 9.17) is 5.11 Å². The van der Waals surface area contributed by atoms with E-state index in [9.17, 15) is 8.78 Å². The first kappa shape index (κ1) is 13.8. The Morgan fingerprint density at radius 1 is 1.44 bits per heavy atom. The van der Waals surface area contributed by atoms with Crippen molar-refractivity contribution in [1.29, 1.82) is 0 Å². The highest BCUT2D eigenvalue weighted by atomic mass is 19.3. The molecule has 0 radical (unpaired) electrons. The number of alkyl halides is 2. The normalized spacial score (nSPS) is 33.0. The lowest BCUT2D eigenvalue weighted by molar-refractivity contribution is -0.0524. The molecule has 1 aliphatic heterocycles. The third kappa shape index (κ3) is 3.64. The number of aliphatic hydroxyl groups excluding tert-OH is 1. The molecular formula is C11H22F2N2O. The van der Waals surface area contributed by atoms with Crippen molar-refractivity contribution in [2.75, 3.05) is 26.7 Å². The van der Waals surface area contributed by atoms with Crippen LogP contribution < -0.4 is 5.32 Å². The quantitative estimate of drug-likeness (QED) is 0.762. The summed E-state index contributed by atoms with van der Waals surface area (Å²) < 4.78 is 25.8. The highest BCUT2D eigenvalue weighted by Gasteiger charge is 2.33. The van der Waals surface area contributed by atoms with Crippen molar-refractivity contribution in [3.63, 3.8) is 0 Å². The van der Waals surface area contributed by atoms with Crippen LogP contribution in [-0.2, 0) is 0 Å². The molecule has 1 saturated heterocycles. The third-order valence-electron chi connectivity index (χ3n) is 3.46. The Labute approximate surface area is 95.8 Å². The molecule has 1 rings (SSSR count). The summed E-state index contributed by atoms with van der Waals surface area (Å²) in [6.07, 6.45) is 0.874.